The second-order valence-corrected chi connectivity index (χ2v) is 5.38. The number of nitrogens with zero attached hydrogens (tertiary/aromatic N) is 2. The molecule has 0 aliphatic carbocycles. The number of benzene rings is 1. The summed E-state index contributed by atoms with van der Waals surface area (Å²) in [7, 11) is 0. The normalized spacial score (nSPS) is 16.0. The van der Waals surface area contributed by atoms with Gasteiger partial charge in [-0.25, -0.2) is 8.78 Å². The van der Waals surface area contributed by atoms with Crippen molar-refractivity contribution in [3.63, 3.8) is 0 Å². The first-order valence-electron chi connectivity index (χ1n) is 7.41. The molecule has 1 aliphatic heterocycles. The van der Waals surface area contributed by atoms with Crippen molar-refractivity contribution in [1.29, 1.82) is 0 Å². The fourth-order valence-corrected chi connectivity index (χ4v) is 2.60. The minimum atomic E-state index is -0.732. The fraction of sp³-hybridized carbons (Fsp3) is 0.235. The van der Waals surface area contributed by atoms with Gasteiger partial charge in [0.2, 0.25) is 5.91 Å². The van der Waals surface area contributed by atoms with Crippen LogP contribution in [-0.2, 0) is 16.2 Å². The van der Waals surface area contributed by atoms with Crippen molar-refractivity contribution < 1.29 is 18.4 Å². The number of aromatic nitrogens is 1. The predicted molar refractivity (Wildman–Crippen MR) is 84.0 cm³/mol. The second-order valence-electron chi connectivity index (χ2n) is 5.38. The van der Waals surface area contributed by atoms with Gasteiger partial charge in [0.05, 0.1) is 0 Å². The zero-order chi connectivity index (χ0) is 17.1. The molecule has 1 amide bonds. The zero-order valence-corrected chi connectivity index (χ0v) is 12.9. The third-order valence-electron chi connectivity index (χ3n) is 3.76. The topological polar surface area (TPSA) is 63.6 Å². The van der Waals surface area contributed by atoms with Gasteiger partial charge < -0.3 is 10.2 Å². The summed E-state index contributed by atoms with van der Waals surface area (Å²) in [6.07, 6.45) is 4.50. The summed E-state index contributed by atoms with van der Waals surface area (Å²) in [5, 5.41) is 6.10. The lowest BCUT2D eigenvalue weighted by atomic mass is 9.92. The number of hydrogen-bond acceptors (Lipinski definition) is 4. The fourth-order valence-electron chi connectivity index (χ4n) is 2.60. The van der Waals surface area contributed by atoms with Crippen molar-refractivity contribution in [3.8, 4) is 11.1 Å². The van der Waals surface area contributed by atoms with Gasteiger partial charge in [-0.3, -0.25) is 9.78 Å². The van der Waals surface area contributed by atoms with Gasteiger partial charge in [-0.1, -0.05) is 5.16 Å². The monoisotopic (exact) mass is 331 g/mol. The maximum Gasteiger partial charge on any atom is 0.217 e. The number of pyridine rings is 1. The molecule has 1 unspecified atom stereocenters. The van der Waals surface area contributed by atoms with Gasteiger partial charge in [0.1, 0.15) is 11.6 Å². The molecule has 24 heavy (non-hydrogen) atoms. The molecule has 124 valence electrons. The highest BCUT2D eigenvalue weighted by Gasteiger charge is 2.27. The molecule has 7 heteroatoms. The molecule has 0 fully saturated rings. The molecular weight excluding hydrogens is 316 g/mol. The third kappa shape index (κ3) is 3.10. The van der Waals surface area contributed by atoms with Crippen LogP contribution in [0, 0.1) is 11.6 Å². The highest BCUT2D eigenvalue weighted by atomic mass is 19.1. The van der Waals surface area contributed by atoms with Crippen LogP contribution in [0.5, 0.6) is 0 Å². The standard InChI is InChI=1S/C17H15F2N3O2/c1-10(23)21-9-13-14(18)8-12(15-4-7-22-24-15)16(17(13)19)11-2-5-20-6-3-11/h2-3,5-8,15H,4,9H2,1H3,(H,21,23). The van der Waals surface area contributed by atoms with E-state index in [0.29, 0.717) is 17.5 Å². The van der Waals surface area contributed by atoms with Crippen LogP contribution in [0.2, 0.25) is 0 Å². The molecular formula is C17H15F2N3O2. The molecule has 2 aromatic rings. The summed E-state index contributed by atoms with van der Waals surface area (Å²) < 4.78 is 29.5. The Morgan fingerprint density at radius 2 is 2.12 bits per heavy atom. The average Bonchev–Trinajstić information content (AvgIpc) is 3.09. The molecule has 2 heterocycles. The maximum atomic E-state index is 15.1. The lowest BCUT2D eigenvalue weighted by Gasteiger charge is -2.18. The maximum absolute atomic E-state index is 15.1. The van der Waals surface area contributed by atoms with Gasteiger partial charge in [-0.05, 0) is 23.8 Å². The van der Waals surface area contributed by atoms with Gasteiger partial charge >= 0.3 is 0 Å². The SMILES string of the molecule is CC(=O)NCc1c(F)cc(C2CC=NO2)c(-c2ccncc2)c1F. The number of nitrogens with one attached hydrogen (secondary N) is 1. The van der Waals surface area contributed by atoms with Crippen molar-refractivity contribution in [1.82, 2.24) is 10.3 Å². The third-order valence-corrected chi connectivity index (χ3v) is 3.76. The minimum absolute atomic E-state index is 0.195. The van der Waals surface area contributed by atoms with Crippen molar-refractivity contribution in [2.45, 2.75) is 26.0 Å². The number of carbonyl (C=O) groups is 1. The van der Waals surface area contributed by atoms with Gasteiger partial charge in [-0.15, -0.1) is 0 Å². The number of hydrogen-bond donors (Lipinski definition) is 1. The van der Waals surface area contributed by atoms with Crippen LogP contribution in [0.25, 0.3) is 11.1 Å². The summed E-state index contributed by atoms with van der Waals surface area (Å²) in [6, 6.07) is 4.52. The Labute approximate surface area is 137 Å². The Kier molecular flexibility index (Phi) is 4.50. The summed E-state index contributed by atoms with van der Waals surface area (Å²) in [5.41, 5.74) is 0.965. The van der Waals surface area contributed by atoms with E-state index in [9.17, 15) is 9.18 Å². The highest BCUT2D eigenvalue weighted by molar-refractivity contribution is 5.74. The van der Waals surface area contributed by atoms with E-state index in [-0.39, 0.29) is 23.6 Å². The van der Waals surface area contributed by atoms with Crippen LogP contribution < -0.4 is 5.32 Å². The number of oxime groups is 1. The molecule has 1 N–H and O–H groups in total. The highest BCUT2D eigenvalue weighted by Crippen LogP contribution is 2.37. The van der Waals surface area contributed by atoms with Crippen molar-refractivity contribution >= 4 is 12.1 Å². The number of carbonyl (C=O) groups excluding carboxylic acids is 1. The van der Waals surface area contributed by atoms with E-state index in [1.54, 1.807) is 18.3 Å². The molecule has 0 spiro atoms. The summed E-state index contributed by atoms with van der Waals surface area (Å²) in [6.45, 7) is 1.06. The molecule has 0 bridgehead atoms. The van der Waals surface area contributed by atoms with Gasteiger partial charge in [0.15, 0.2) is 6.10 Å². The van der Waals surface area contributed by atoms with E-state index >= 15 is 4.39 Å². The van der Waals surface area contributed by atoms with Crippen molar-refractivity contribution in [3.05, 3.63) is 53.4 Å². The Balaban J connectivity index is 2.14. The van der Waals surface area contributed by atoms with Crippen LogP contribution in [0.1, 0.15) is 30.6 Å². The molecule has 0 saturated carbocycles. The van der Waals surface area contributed by atoms with Crippen LogP contribution in [-0.4, -0.2) is 17.1 Å². The van der Waals surface area contributed by atoms with E-state index in [1.165, 1.54) is 25.4 Å². The van der Waals surface area contributed by atoms with Gasteiger partial charge in [0.25, 0.3) is 0 Å². The molecule has 1 aromatic heterocycles. The first-order valence-corrected chi connectivity index (χ1v) is 7.41. The molecule has 0 saturated heterocycles. The van der Waals surface area contributed by atoms with Crippen LogP contribution in [0.15, 0.2) is 35.7 Å². The predicted octanol–water partition coefficient (Wildman–Crippen LogP) is 3.11. The smallest absolute Gasteiger partial charge is 0.217 e. The quantitative estimate of drug-likeness (QED) is 0.936. The van der Waals surface area contributed by atoms with E-state index in [0.717, 1.165) is 0 Å². The summed E-state index contributed by atoms with van der Waals surface area (Å²) in [4.78, 5) is 20.2. The Bertz CT molecular complexity index is 786. The Morgan fingerprint density at radius 3 is 2.75 bits per heavy atom. The van der Waals surface area contributed by atoms with E-state index < -0.39 is 17.7 Å². The van der Waals surface area contributed by atoms with Crippen LogP contribution >= 0.6 is 0 Å². The Morgan fingerprint density at radius 1 is 1.38 bits per heavy atom. The Hall–Kier alpha value is -2.83. The molecule has 3 rings (SSSR count). The minimum Gasteiger partial charge on any atom is -0.388 e. The van der Waals surface area contributed by atoms with Crippen LogP contribution in [0.3, 0.4) is 0 Å². The van der Waals surface area contributed by atoms with Crippen molar-refractivity contribution in [2.75, 3.05) is 0 Å². The average molecular weight is 331 g/mol. The van der Waals surface area contributed by atoms with Crippen molar-refractivity contribution in [2.24, 2.45) is 5.16 Å². The van der Waals surface area contributed by atoms with E-state index in [1.807, 2.05) is 0 Å². The van der Waals surface area contributed by atoms with Gasteiger partial charge in [0, 0.05) is 55.2 Å². The largest absolute Gasteiger partial charge is 0.388 e. The molecule has 1 aromatic carbocycles. The lowest BCUT2D eigenvalue weighted by molar-refractivity contribution is -0.119. The molecule has 5 nitrogen and oxygen atoms in total. The second kappa shape index (κ2) is 6.74. The summed E-state index contributed by atoms with van der Waals surface area (Å²) >= 11 is 0. The number of halogens is 2. The zero-order valence-electron chi connectivity index (χ0n) is 12.9. The molecule has 1 atom stereocenters. The van der Waals surface area contributed by atoms with Crippen LogP contribution in [0.4, 0.5) is 8.78 Å². The molecule has 1 aliphatic rings. The first-order chi connectivity index (χ1) is 11.6. The van der Waals surface area contributed by atoms with Gasteiger partial charge in [-0.2, -0.15) is 0 Å². The molecule has 0 radical (unpaired) electrons. The number of amides is 1. The summed E-state index contributed by atoms with van der Waals surface area (Å²) in [5.74, 6) is -1.82. The first kappa shape index (κ1) is 16.0. The number of rotatable bonds is 4. The van der Waals surface area contributed by atoms with E-state index in [4.69, 9.17) is 4.84 Å². The van der Waals surface area contributed by atoms with E-state index in [2.05, 4.69) is 15.5 Å². The lowest BCUT2D eigenvalue weighted by Crippen LogP contribution is -2.21.